The molecule has 0 aromatic carbocycles. The fourth-order valence-corrected chi connectivity index (χ4v) is 2.58. The summed E-state index contributed by atoms with van der Waals surface area (Å²) >= 11 is 0. The monoisotopic (exact) mass is 221 g/mol. The van der Waals surface area contributed by atoms with E-state index in [-0.39, 0.29) is 0 Å². The van der Waals surface area contributed by atoms with E-state index in [0.29, 0.717) is 5.92 Å². The standard InChI is InChI=1S/C13H23N3/c1-10-12(8-9-14-2)16-13(15-10)11-6-4-3-5-7-11/h11,14H,3-9H2,1-2H3,(H,15,16). The van der Waals surface area contributed by atoms with Crippen molar-refractivity contribution in [2.24, 2.45) is 0 Å². The number of H-pyrrole nitrogens is 1. The molecule has 0 bridgehead atoms. The van der Waals surface area contributed by atoms with Crippen molar-refractivity contribution in [2.75, 3.05) is 13.6 Å². The molecule has 1 aliphatic rings. The van der Waals surface area contributed by atoms with Crippen molar-refractivity contribution in [3.8, 4) is 0 Å². The normalized spacial score (nSPS) is 17.9. The molecule has 1 saturated carbocycles. The van der Waals surface area contributed by atoms with Gasteiger partial charge in [-0.1, -0.05) is 19.3 Å². The van der Waals surface area contributed by atoms with E-state index < -0.39 is 0 Å². The van der Waals surface area contributed by atoms with Gasteiger partial charge >= 0.3 is 0 Å². The molecule has 0 saturated heterocycles. The molecule has 1 aromatic heterocycles. The van der Waals surface area contributed by atoms with E-state index in [1.807, 2.05) is 7.05 Å². The van der Waals surface area contributed by atoms with Gasteiger partial charge in [-0.25, -0.2) is 4.98 Å². The Morgan fingerprint density at radius 2 is 2.06 bits per heavy atom. The van der Waals surface area contributed by atoms with E-state index in [4.69, 9.17) is 4.98 Å². The topological polar surface area (TPSA) is 40.7 Å². The van der Waals surface area contributed by atoms with Crippen LogP contribution < -0.4 is 5.32 Å². The van der Waals surface area contributed by atoms with Gasteiger partial charge in [0.05, 0.1) is 5.69 Å². The quantitative estimate of drug-likeness (QED) is 0.820. The Morgan fingerprint density at radius 3 is 2.75 bits per heavy atom. The van der Waals surface area contributed by atoms with Crippen molar-refractivity contribution in [3.05, 3.63) is 17.2 Å². The highest BCUT2D eigenvalue weighted by Gasteiger charge is 2.19. The molecule has 0 unspecified atom stereocenters. The second kappa shape index (κ2) is 5.48. The van der Waals surface area contributed by atoms with Crippen molar-refractivity contribution in [2.45, 2.75) is 51.4 Å². The summed E-state index contributed by atoms with van der Waals surface area (Å²) in [6.07, 6.45) is 7.82. The molecule has 0 radical (unpaired) electrons. The van der Waals surface area contributed by atoms with E-state index in [0.717, 1.165) is 13.0 Å². The first-order valence-corrected chi connectivity index (χ1v) is 6.51. The minimum atomic E-state index is 0.691. The first-order chi connectivity index (χ1) is 7.81. The fourth-order valence-electron chi connectivity index (χ4n) is 2.58. The van der Waals surface area contributed by atoms with Crippen molar-refractivity contribution in [1.82, 2.24) is 15.3 Å². The van der Waals surface area contributed by atoms with Crippen molar-refractivity contribution < 1.29 is 0 Å². The Hall–Kier alpha value is -0.830. The Kier molecular flexibility index (Phi) is 3.99. The van der Waals surface area contributed by atoms with Crippen LogP contribution in [-0.2, 0) is 6.42 Å². The predicted octanol–water partition coefficient (Wildman–Crippen LogP) is 2.53. The van der Waals surface area contributed by atoms with E-state index in [1.54, 1.807) is 0 Å². The molecule has 3 nitrogen and oxygen atoms in total. The number of aromatic amines is 1. The molecule has 2 N–H and O–H groups in total. The van der Waals surface area contributed by atoms with E-state index in [9.17, 15) is 0 Å². The third kappa shape index (κ3) is 2.64. The molecule has 0 amide bonds. The van der Waals surface area contributed by atoms with Gasteiger partial charge in [-0.3, -0.25) is 0 Å². The summed E-state index contributed by atoms with van der Waals surface area (Å²) in [5.41, 5.74) is 2.51. The molecule has 0 spiro atoms. The number of hydrogen-bond acceptors (Lipinski definition) is 2. The van der Waals surface area contributed by atoms with E-state index in [2.05, 4.69) is 17.2 Å². The van der Waals surface area contributed by atoms with Gasteiger partial charge in [0.15, 0.2) is 0 Å². The molecule has 16 heavy (non-hydrogen) atoms. The summed E-state index contributed by atoms with van der Waals surface area (Å²) < 4.78 is 0. The van der Waals surface area contributed by atoms with Crippen molar-refractivity contribution >= 4 is 0 Å². The van der Waals surface area contributed by atoms with Gasteiger partial charge < -0.3 is 10.3 Å². The molecule has 1 fully saturated rings. The summed E-state index contributed by atoms with van der Waals surface area (Å²) in [5, 5.41) is 3.18. The molecule has 1 heterocycles. The maximum atomic E-state index is 4.78. The molecule has 0 aliphatic heterocycles. The zero-order valence-electron chi connectivity index (χ0n) is 10.5. The lowest BCUT2D eigenvalue weighted by Gasteiger charge is -2.19. The largest absolute Gasteiger partial charge is 0.346 e. The fraction of sp³-hybridized carbons (Fsp3) is 0.769. The Balaban J connectivity index is 2.03. The maximum absolute atomic E-state index is 4.78. The number of imidazole rings is 1. The third-order valence-electron chi connectivity index (χ3n) is 3.61. The zero-order chi connectivity index (χ0) is 11.4. The molecule has 3 heteroatoms. The van der Waals surface area contributed by atoms with Crippen molar-refractivity contribution in [3.63, 3.8) is 0 Å². The van der Waals surface area contributed by atoms with Crippen LogP contribution in [0, 0.1) is 6.92 Å². The Labute approximate surface area is 98.1 Å². The first kappa shape index (κ1) is 11.6. The second-order valence-corrected chi connectivity index (χ2v) is 4.88. The number of aryl methyl sites for hydroxylation is 1. The average molecular weight is 221 g/mol. The lowest BCUT2D eigenvalue weighted by molar-refractivity contribution is 0.430. The van der Waals surface area contributed by atoms with Gasteiger partial charge in [0.2, 0.25) is 0 Å². The van der Waals surface area contributed by atoms with Gasteiger partial charge in [0.1, 0.15) is 5.82 Å². The lowest BCUT2D eigenvalue weighted by Crippen LogP contribution is -2.11. The van der Waals surface area contributed by atoms with Crippen LogP contribution in [0.1, 0.15) is 55.2 Å². The van der Waals surface area contributed by atoms with Crippen LogP contribution in [0.5, 0.6) is 0 Å². The molecule has 0 atom stereocenters. The minimum Gasteiger partial charge on any atom is -0.346 e. The van der Waals surface area contributed by atoms with Gasteiger partial charge in [-0.15, -0.1) is 0 Å². The average Bonchev–Trinajstić information content (AvgIpc) is 2.69. The number of nitrogens with one attached hydrogen (secondary N) is 2. The molecule has 2 rings (SSSR count). The predicted molar refractivity (Wildman–Crippen MR) is 66.8 cm³/mol. The van der Waals surface area contributed by atoms with Gasteiger partial charge in [-0.05, 0) is 26.8 Å². The number of likely N-dealkylation sites (N-methyl/N-ethyl adjacent to an activating group) is 1. The molecule has 1 aliphatic carbocycles. The molecular formula is C13H23N3. The molecular weight excluding hydrogens is 198 g/mol. The molecule has 90 valence electrons. The van der Waals surface area contributed by atoms with Gasteiger partial charge in [0, 0.05) is 24.6 Å². The number of rotatable bonds is 4. The highest BCUT2D eigenvalue weighted by Crippen LogP contribution is 2.31. The number of nitrogens with zero attached hydrogens (tertiary/aromatic N) is 1. The summed E-state index contributed by atoms with van der Waals surface area (Å²) in [5.74, 6) is 1.93. The minimum absolute atomic E-state index is 0.691. The van der Waals surface area contributed by atoms with Crippen LogP contribution in [0.25, 0.3) is 0 Å². The van der Waals surface area contributed by atoms with Gasteiger partial charge in [-0.2, -0.15) is 0 Å². The van der Waals surface area contributed by atoms with E-state index >= 15 is 0 Å². The second-order valence-electron chi connectivity index (χ2n) is 4.88. The van der Waals surface area contributed by atoms with Crippen LogP contribution in [0.15, 0.2) is 0 Å². The maximum Gasteiger partial charge on any atom is 0.109 e. The summed E-state index contributed by atoms with van der Waals surface area (Å²) in [6.45, 7) is 3.15. The SMILES string of the molecule is CNCCc1nc(C2CCCCC2)[nH]c1C. The highest BCUT2D eigenvalue weighted by molar-refractivity contribution is 5.16. The van der Waals surface area contributed by atoms with E-state index in [1.165, 1.54) is 49.3 Å². The summed E-state index contributed by atoms with van der Waals surface area (Å²) in [4.78, 5) is 8.26. The summed E-state index contributed by atoms with van der Waals surface area (Å²) in [6, 6.07) is 0. The third-order valence-corrected chi connectivity index (χ3v) is 3.61. The van der Waals surface area contributed by atoms with Crippen LogP contribution in [0.3, 0.4) is 0 Å². The Morgan fingerprint density at radius 1 is 1.31 bits per heavy atom. The van der Waals surface area contributed by atoms with Crippen LogP contribution in [0.4, 0.5) is 0 Å². The zero-order valence-corrected chi connectivity index (χ0v) is 10.5. The number of hydrogen-bond donors (Lipinski definition) is 2. The first-order valence-electron chi connectivity index (χ1n) is 6.51. The van der Waals surface area contributed by atoms with Crippen molar-refractivity contribution in [1.29, 1.82) is 0 Å². The van der Waals surface area contributed by atoms with Crippen LogP contribution in [-0.4, -0.2) is 23.6 Å². The highest BCUT2D eigenvalue weighted by atomic mass is 14.9. The smallest absolute Gasteiger partial charge is 0.109 e. The molecule has 1 aromatic rings. The summed E-state index contributed by atoms with van der Waals surface area (Å²) in [7, 11) is 1.99. The van der Waals surface area contributed by atoms with Gasteiger partial charge in [0.25, 0.3) is 0 Å². The Bertz CT molecular complexity index is 324. The van der Waals surface area contributed by atoms with Crippen LogP contribution in [0.2, 0.25) is 0 Å². The van der Waals surface area contributed by atoms with Crippen LogP contribution >= 0.6 is 0 Å². The lowest BCUT2D eigenvalue weighted by atomic mass is 9.89. The number of aromatic nitrogens is 2.